The molecule has 4 aromatic rings. The van der Waals surface area contributed by atoms with Gasteiger partial charge in [0.15, 0.2) is 5.13 Å². The number of fused-ring (bicyclic) bond motifs is 1. The first-order valence-electron chi connectivity index (χ1n) is 8.71. The number of benzene rings is 2. The van der Waals surface area contributed by atoms with Gasteiger partial charge in [-0.15, -0.1) is 0 Å². The number of carbonyl (C=O) groups excluding carboxylic acids is 1. The Kier molecular flexibility index (Phi) is 5.03. The van der Waals surface area contributed by atoms with Gasteiger partial charge in [-0.3, -0.25) is 10.1 Å². The third-order valence-electron chi connectivity index (χ3n) is 4.33. The van der Waals surface area contributed by atoms with Crippen molar-refractivity contribution in [3.8, 4) is 11.3 Å². The summed E-state index contributed by atoms with van der Waals surface area (Å²) in [4.78, 5) is 16.8. The summed E-state index contributed by atoms with van der Waals surface area (Å²) in [6.45, 7) is 4.06. The van der Waals surface area contributed by atoms with Crippen LogP contribution < -0.4 is 5.32 Å². The zero-order chi connectivity index (χ0) is 19.7. The quantitative estimate of drug-likeness (QED) is 0.393. The molecular formula is C22H17ClN2O2S. The van der Waals surface area contributed by atoms with Crippen molar-refractivity contribution in [3.05, 3.63) is 76.5 Å². The second-order valence-corrected chi connectivity index (χ2v) is 7.86. The molecule has 0 radical (unpaired) electrons. The smallest absolute Gasteiger partial charge is 0.250 e. The molecule has 2 aromatic carbocycles. The van der Waals surface area contributed by atoms with E-state index in [9.17, 15) is 4.79 Å². The molecule has 4 rings (SSSR count). The molecule has 0 saturated heterocycles. The minimum atomic E-state index is -0.251. The first kappa shape index (κ1) is 18.5. The SMILES string of the molecule is Cc1ccc(C)c2sc(NC(=O)C=Cc3ccc(-c4ccc(Cl)cc4)o3)nc12. The zero-order valence-corrected chi connectivity index (χ0v) is 16.9. The Hall–Kier alpha value is -2.89. The highest BCUT2D eigenvalue weighted by molar-refractivity contribution is 7.22. The van der Waals surface area contributed by atoms with Crippen LogP contribution in [0.15, 0.2) is 59.0 Å². The van der Waals surface area contributed by atoms with E-state index in [0.717, 1.165) is 26.9 Å². The molecule has 0 spiro atoms. The lowest BCUT2D eigenvalue weighted by atomic mass is 10.1. The summed E-state index contributed by atoms with van der Waals surface area (Å²) in [7, 11) is 0. The number of nitrogens with one attached hydrogen (secondary N) is 1. The van der Waals surface area contributed by atoms with Crippen LogP contribution >= 0.6 is 22.9 Å². The van der Waals surface area contributed by atoms with Gasteiger partial charge < -0.3 is 4.42 Å². The summed E-state index contributed by atoms with van der Waals surface area (Å²) in [5.41, 5.74) is 4.11. The Bertz CT molecular complexity index is 1150. The summed E-state index contributed by atoms with van der Waals surface area (Å²) >= 11 is 7.39. The Balaban J connectivity index is 1.47. The van der Waals surface area contributed by atoms with E-state index in [1.54, 1.807) is 6.08 Å². The number of thiazole rings is 1. The van der Waals surface area contributed by atoms with Crippen molar-refractivity contribution in [2.45, 2.75) is 13.8 Å². The lowest BCUT2D eigenvalue weighted by molar-refractivity contribution is -0.111. The van der Waals surface area contributed by atoms with Gasteiger partial charge in [-0.1, -0.05) is 35.1 Å². The van der Waals surface area contributed by atoms with Crippen LogP contribution in [0.3, 0.4) is 0 Å². The highest BCUT2D eigenvalue weighted by Gasteiger charge is 2.10. The predicted octanol–water partition coefficient (Wildman–Crippen LogP) is 6.48. The predicted molar refractivity (Wildman–Crippen MR) is 116 cm³/mol. The molecule has 0 aliphatic carbocycles. The van der Waals surface area contributed by atoms with Crippen molar-refractivity contribution in [2.24, 2.45) is 0 Å². The Morgan fingerprint density at radius 2 is 1.82 bits per heavy atom. The van der Waals surface area contributed by atoms with Crippen LogP contribution in [0.2, 0.25) is 5.02 Å². The van der Waals surface area contributed by atoms with Crippen molar-refractivity contribution in [1.29, 1.82) is 0 Å². The standard InChI is InChI=1S/C22H17ClN2O2S/c1-13-3-4-14(2)21-20(13)25-22(28-21)24-19(26)12-10-17-9-11-18(27-17)15-5-7-16(23)8-6-15/h3-12H,1-2H3,(H,24,25,26). The van der Waals surface area contributed by atoms with Crippen molar-refractivity contribution in [3.63, 3.8) is 0 Å². The number of aromatic nitrogens is 1. The Morgan fingerprint density at radius 3 is 2.57 bits per heavy atom. The largest absolute Gasteiger partial charge is 0.457 e. The number of anilines is 1. The maximum atomic E-state index is 12.3. The molecule has 1 amide bonds. The van der Waals surface area contributed by atoms with Crippen molar-refractivity contribution in [1.82, 2.24) is 4.98 Å². The molecule has 0 bridgehead atoms. The highest BCUT2D eigenvalue weighted by Crippen LogP contribution is 2.31. The molecule has 1 N–H and O–H groups in total. The second kappa shape index (κ2) is 7.62. The van der Waals surface area contributed by atoms with E-state index in [2.05, 4.69) is 16.4 Å². The molecule has 0 saturated carbocycles. The average Bonchev–Trinajstić information content (AvgIpc) is 3.32. The van der Waals surface area contributed by atoms with Crippen molar-refractivity contribution >= 4 is 50.3 Å². The molecule has 0 aliphatic rings. The van der Waals surface area contributed by atoms with E-state index in [0.29, 0.717) is 21.7 Å². The minimum Gasteiger partial charge on any atom is -0.457 e. The van der Waals surface area contributed by atoms with Crippen LogP contribution in [-0.4, -0.2) is 10.9 Å². The van der Waals surface area contributed by atoms with E-state index >= 15 is 0 Å². The van der Waals surface area contributed by atoms with E-state index in [1.165, 1.54) is 17.4 Å². The van der Waals surface area contributed by atoms with Crippen molar-refractivity contribution in [2.75, 3.05) is 5.32 Å². The molecular weight excluding hydrogens is 392 g/mol. The van der Waals surface area contributed by atoms with Crippen LogP contribution in [0.25, 0.3) is 27.6 Å². The van der Waals surface area contributed by atoms with Crippen LogP contribution in [0.5, 0.6) is 0 Å². The number of rotatable bonds is 4. The molecule has 0 unspecified atom stereocenters. The Labute approximate surface area is 171 Å². The fourth-order valence-corrected chi connectivity index (χ4v) is 3.97. The summed E-state index contributed by atoms with van der Waals surface area (Å²) in [6.07, 6.45) is 3.08. The van der Waals surface area contributed by atoms with E-state index in [-0.39, 0.29) is 5.91 Å². The molecule has 28 heavy (non-hydrogen) atoms. The summed E-state index contributed by atoms with van der Waals surface area (Å²) in [5, 5.41) is 4.09. The van der Waals surface area contributed by atoms with Gasteiger partial charge in [0.2, 0.25) is 5.91 Å². The fourth-order valence-electron chi connectivity index (χ4n) is 2.83. The lowest BCUT2D eigenvalue weighted by Crippen LogP contribution is -2.07. The van der Waals surface area contributed by atoms with Gasteiger partial charge in [-0.25, -0.2) is 4.98 Å². The van der Waals surface area contributed by atoms with Crippen LogP contribution in [0.1, 0.15) is 16.9 Å². The number of amides is 1. The van der Waals surface area contributed by atoms with Gasteiger partial charge in [0.05, 0.1) is 10.2 Å². The number of halogens is 1. The van der Waals surface area contributed by atoms with Crippen molar-refractivity contribution < 1.29 is 9.21 Å². The number of hydrogen-bond acceptors (Lipinski definition) is 4. The highest BCUT2D eigenvalue weighted by atomic mass is 35.5. The topological polar surface area (TPSA) is 55.1 Å². The number of carbonyl (C=O) groups is 1. The maximum absolute atomic E-state index is 12.3. The number of nitrogens with zero attached hydrogens (tertiary/aromatic N) is 1. The number of furan rings is 1. The normalized spacial score (nSPS) is 11.4. The molecule has 4 nitrogen and oxygen atoms in total. The summed E-state index contributed by atoms with van der Waals surface area (Å²) in [5.74, 6) is 1.06. The van der Waals surface area contributed by atoms with Gasteiger partial charge >= 0.3 is 0 Å². The van der Waals surface area contributed by atoms with Crippen LogP contribution in [0, 0.1) is 13.8 Å². The molecule has 140 valence electrons. The fraction of sp³-hybridized carbons (Fsp3) is 0.0909. The van der Waals surface area contributed by atoms with E-state index in [4.69, 9.17) is 16.0 Å². The second-order valence-electron chi connectivity index (χ2n) is 6.43. The van der Waals surface area contributed by atoms with Gasteiger partial charge in [0.1, 0.15) is 11.5 Å². The maximum Gasteiger partial charge on any atom is 0.250 e. The molecule has 0 aliphatic heterocycles. The third kappa shape index (κ3) is 3.86. The molecule has 2 heterocycles. The number of aryl methyl sites for hydroxylation is 2. The van der Waals surface area contributed by atoms with E-state index < -0.39 is 0 Å². The first-order chi connectivity index (χ1) is 13.5. The molecule has 0 fully saturated rings. The monoisotopic (exact) mass is 408 g/mol. The third-order valence-corrected chi connectivity index (χ3v) is 5.68. The van der Waals surface area contributed by atoms with Crippen LogP contribution in [0.4, 0.5) is 5.13 Å². The summed E-state index contributed by atoms with van der Waals surface area (Å²) in [6, 6.07) is 15.2. The van der Waals surface area contributed by atoms with Gasteiger partial charge in [0, 0.05) is 16.7 Å². The first-order valence-corrected chi connectivity index (χ1v) is 9.90. The van der Waals surface area contributed by atoms with Gasteiger partial charge in [0.25, 0.3) is 0 Å². The van der Waals surface area contributed by atoms with Crippen LogP contribution in [-0.2, 0) is 4.79 Å². The average molecular weight is 409 g/mol. The summed E-state index contributed by atoms with van der Waals surface area (Å²) < 4.78 is 6.86. The minimum absolute atomic E-state index is 0.251. The van der Waals surface area contributed by atoms with E-state index in [1.807, 2.05) is 56.3 Å². The molecule has 6 heteroatoms. The lowest BCUT2D eigenvalue weighted by Gasteiger charge is -1.97. The number of hydrogen-bond donors (Lipinski definition) is 1. The zero-order valence-electron chi connectivity index (χ0n) is 15.3. The van der Waals surface area contributed by atoms with Gasteiger partial charge in [-0.2, -0.15) is 0 Å². The Morgan fingerprint density at radius 1 is 1.07 bits per heavy atom. The molecule has 2 aromatic heterocycles. The van der Waals surface area contributed by atoms with Gasteiger partial charge in [-0.05, 0) is 67.4 Å². The molecule has 0 atom stereocenters.